The average molecular weight is 479 g/mol. The Morgan fingerprint density at radius 2 is 1.97 bits per heavy atom. The van der Waals surface area contributed by atoms with Crippen molar-refractivity contribution in [3.8, 4) is 0 Å². The van der Waals surface area contributed by atoms with Gasteiger partial charge in [-0.1, -0.05) is 42.7 Å². The van der Waals surface area contributed by atoms with Crippen LogP contribution in [-0.4, -0.2) is 26.5 Å². The fraction of sp³-hybridized carbons (Fsp3) is 0.292. The number of para-hydroxylation sites is 1. The number of rotatable bonds is 6. The summed E-state index contributed by atoms with van der Waals surface area (Å²) >= 11 is 1.41. The highest BCUT2D eigenvalue weighted by atomic mass is 32.1. The molecule has 0 aliphatic heterocycles. The number of fused-ring (bicyclic) bond motifs is 1. The zero-order valence-electron chi connectivity index (χ0n) is 18.2. The second-order valence-electron chi connectivity index (χ2n) is 8.11. The molecule has 0 bridgehead atoms. The van der Waals surface area contributed by atoms with Gasteiger partial charge in [-0.05, 0) is 37.1 Å². The van der Waals surface area contributed by atoms with Crippen LogP contribution in [0, 0.1) is 0 Å². The third-order valence-electron chi connectivity index (χ3n) is 5.76. The van der Waals surface area contributed by atoms with Gasteiger partial charge in [0, 0.05) is 12.0 Å². The van der Waals surface area contributed by atoms with E-state index >= 15 is 0 Å². The molecule has 0 saturated heterocycles. The van der Waals surface area contributed by atoms with E-state index < -0.39 is 11.9 Å². The standard InChI is InChI=1S/C24H22N4O5S/c29-20-13-16(25-24-28(20)27-22(34-24)15-7-2-1-3-8-15)14-33-23(31)17-9-4-5-10-18(17)26-21(30)19-11-6-12-32-19/h4-6,9-13,15H,1-3,7-8,14H2,(H,26,30). The molecule has 174 valence electrons. The number of amides is 1. The van der Waals surface area contributed by atoms with Crippen LogP contribution in [0.1, 0.15) is 69.6 Å². The molecule has 9 nitrogen and oxygen atoms in total. The van der Waals surface area contributed by atoms with Crippen LogP contribution in [0.25, 0.3) is 4.96 Å². The number of nitrogens with zero attached hydrogens (tertiary/aromatic N) is 3. The van der Waals surface area contributed by atoms with E-state index in [0.717, 1.165) is 17.8 Å². The minimum Gasteiger partial charge on any atom is -0.459 e. The second kappa shape index (κ2) is 9.60. The van der Waals surface area contributed by atoms with Crippen LogP contribution in [0.15, 0.2) is 57.9 Å². The Kier molecular flexibility index (Phi) is 6.22. The number of benzene rings is 1. The Balaban J connectivity index is 1.30. The maximum absolute atomic E-state index is 12.7. The fourth-order valence-corrected chi connectivity index (χ4v) is 5.13. The van der Waals surface area contributed by atoms with Gasteiger partial charge in [0.05, 0.1) is 23.2 Å². The molecule has 1 saturated carbocycles. The number of hydrogen-bond acceptors (Lipinski definition) is 8. The number of ether oxygens (including phenoxy) is 1. The van der Waals surface area contributed by atoms with E-state index in [-0.39, 0.29) is 29.2 Å². The van der Waals surface area contributed by atoms with Crippen molar-refractivity contribution in [2.45, 2.75) is 44.6 Å². The number of furan rings is 1. The van der Waals surface area contributed by atoms with Crippen molar-refractivity contribution in [1.29, 1.82) is 0 Å². The van der Waals surface area contributed by atoms with E-state index in [1.807, 2.05) is 0 Å². The van der Waals surface area contributed by atoms with Crippen molar-refractivity contribution in [2.75, 3.05) is 5.32 Å². The molecule has 5 rings (SSSR count). The quantitative estimate of drug-likeness (QED) is 0.408. The van der Waals surface area contributed by atoms with E-state index in [1.165, 1.54) is 53.5 Å². The lowest BCUT2D eigenvalue weighted by Gasteiger charge is -2.18. The molecule has 1 amide bonds. The molecular formula is C24H22N4O5S. The van der Waals surface area contributed by atoms with E-state index in [2.05, 4.69) is 15.4 Å². The van der Waals surface area contributed by atoms with Crippen molar-refractivity contribution in [1.82, 2.24) is 14.6 Å². The second-order valence-corrected chi connectivity index (χ2v) is 9.10. The normalized spacial score (nSPS) is 14.2. The van der Waals surface area contributed by atoms with E-state index in [9.17, 15) is 14.4 Å². The van der Waals surface area contributed by atoms with Crippen LogP contribution in [0.3, 0.4) is 0 Å². The van der Waals surface area contributed by atoms with Crippen LogP contribution in [0.5, 0.6) is 0 Å². The van der Waals surface area contributed by atoms with E-state index in [0.29, 0.717) is 16.6 Å². The van der Waals surface area contributed by atoms with Crippen molar-refractivity contribution >= 4 is 33.9 Å². The highest BCUT2D eigenvalue weighted by Gasteiger charge is 2.21. The van der Waals surface area contributed by atoms with Gasteiger partial charge in [0.2, 0.25) is 4.96 Å². The van der Waals surface area contributed by atoms with E-state index in [1.54, 1.807) is 30.3 Å². The molecular weight excluding hydrogens is 456 g/mol. The van der Waals surface area contributed by atoms with Gasteiger partial charge in [0.1, 0.15) is 11.6 Å². The summed E-state index contributed by atoms with van der Waals surface area (Å²) in [6.07, 6.45) is 7.14. The first-order valence-corrected chi connectivity index (χ1v) is 11.9. The maximum atomic E-state index is 12.7. The van der Waals surface area contributed by atoms with Gasteiger partial charge in [-0.25, -0.2) is 9.78 Å². The van der Waals surface area contributed by atoms with Gasteiger partial charge in [-0.3, -0.25) is 9.59 Å². The molecule has 0 radical (unpaired) electrons. The van der Waals surface area contributed by atoms with Crippen molar-refractivity contribution < 1.29 is 18.7 Å². The smallest absolute Gasteiger partial charge is 0.340 e. The SMILES string of the molecule is O=C(Nc1ccccc1C(=O)OCc1cc(=O)n2nc(C3CCCCC3)sc2n1)c1ccco1. The Morgan fingerprint density at radius 3 is 2.76 bits per heavy atom. The van der Waals surface area contributed by atoms with E-state index in [4.69, 9.17) is 9.15 Å². The van der Waals surface area contributed by atoms with Crippen LogP contribution in [0.2, 0.25) is 0 Å². The third-order valence-corrected chi connectivity index (χ3v) is 6.83. The molecule has 0 atom stereocenters. The molecule has 3 heterocycles. The van der Waals surface area contributed by atoms with Gasteiger partial charge in [-0.15, -0.1) is 0 Å². The fourth-order valence-electron chi connectivity index (χ4n) is 4.04. The number of carbonyl (C=O) groups is 2. The minimum absolute atomic E-state index is 0.123. The zero-order valence-corrected chi connectivity index (χ0v) is 19.0. The molecule has 1 aliphatic rings. The first-order chi connectivity index (χ1) is 16.6. The predicted molar refractivity (Wildman–Crippen MR) is 125 cm³/mol. The highest BCUT2D eigenvalue weighted by Crippen LogP contribution is 2.34. The lowest BCUT2D eigenvalue weighted by Crippen LogP contribution is -2.18. The Morgan fingerprint density at radius 1 is 1.15 bits per heavy atom. The number of esters is 1. The van der Waals surface area contributed by atoms with Crippen molar-refractivity contribution in [3.05, 3.63) is 81.1 Å². The summed E-state index contributed by atoms with van der Waals surface area (Å²) < 4.78 is 11.8. The molecule has 4 aromatic rings. The summed E-state index contributed by atoms with van der Waals surface area (Å²) in [6.45, 7) is -0.179. The first-order valence-electron chi connectivity index (χ1n) is 11.1. The molecule has 1 aliphatic carbocycles. The van der Waals surface area contributed by atoms with Crippen molar-refractivity contribution in [2.24, 2.45) is 0 Å². The summed E-state index contributed by atoms with van der Waals surface area (Å²) in [5.41, 5.74) is 0.504. The van der Waals surface area contributed by atoms with Gasteiger partial charge in [0.15, 0.2) is 5.76 Å². The topological polar surface area (TPSA) is 116 Å². The lowest BCUT2D eigenvalue weighted by molar-refractivity contribution is 0.0469. The molecule has 1 N–H and O–H groups in total. The molecule has 10 heteroatoms. The number of hydrogen-bond donors (Lipinski definition) is 1. The molecule has 0 spiro atoms. The summed E-state index contributed by atoms with van der Waals surface area (Å²) in [4.78, 5) is 42.6. The number of anilines is 1. The summed E-state index contributed by atoms with van der Waals surface area (Å²) in [7, 11) is 0. The first kappa shape index (κ1) is 22.0. The zero-order chi connectivity index (χ0) is 23.5. The summed E-state index contributed by atoms with van der Waals surface area (Å²) in [5, 5.41) is 8.07. The molecule has 3 aromatic heterocycles. The Labute approximate surface area is 198 Å². The number of carbonyl (C=O) groups excluding carboxylic acids is 2. The number of nitrogens with one attached hydrogen (secondary N) is 1. The third kappa shape index (κ3) is 4.62. The number of aromatic nitrogens is 3. The minimum atomic E-state index is -0.649. The average Bonchev–Trinajstić information content (AvgIpc) is 3.54. The molecule has 34 heavy (non-hydrogen) atoms. The van der Waals surface area contributed by atoms with Crippen LogP contribution < -0.4 is 10.9 Å². The van der Waals surface area contributed by atoms with Crippen LogP contribution >= 0.6 is 11.3 Å². The Bertz CT molecular complexity index is 1390. The summed E-state index contributed by atoms with van der Waals surface area (Å²) in [5.74, 6) is -0.638. The van der Waals surface area contributed by atoms with Gasteiger partial charge in [-0.2, -0.15) is 9.61 Å². The van der Waals surface area contributed by atoms with Gasteiger partial charge >= 0.3 is 5.97 Å². The monoisotopic (exact) mass is 478 g/mol. The van der Waals surface area contributed by atoms with Crippen LogP contribution in [-0.2, 0) is 11.3 Å². The lowest BCUT2D eigenvalue weighted by atomic mass is 9.90. The predicted octanol–water partition coefficient (Wildman–Crippen LogP) is 4.40. The highest BCUT2D eigenvalue weighted by molar-refractivity contribution is 7.16. The van der Waals surface area contributed by atoms with Gasteiger partial charge < -0.3 is 14.5 Å². The molecule has 0 unspecified atom stereocenters. The van der Waals surface area contributed by atoms with Crippen molar-refractivity contribution in [3.63, 3.8) is 0 Å². The van der Waals surface area contributed by atoms with Crippen LogP contribution in [0.4, 0.5) is 5.69 Å². The Hall–Kier alpha value is -3.79. The largest absolute Gasteiger partial charge is 0.459 e. The summed E-state index contributed by atoms with van der Waals surface area (Å²) in [6, 6.07) is 11.0. The molecule has 1 aromatic carbocycles. The molecule has 1 fully saturated rings. The van der Waals surface area contributed by atoms with Gasteiger partial charge in [0.25, 0.3) is 11.5 Å². The maximum Gasteiger partial charge on any atom is 0.340 e.